The first kappa shape index (κ1) is 58.1. The van der Waals surface area contributed by atoms with Gasteiger partial charge in [-0.15, -0.1) is 0 Å². The number of rotatable bonds is 31. The molecule has 0 spiro atoms. The van der Waals surface area contributed by atoms with E-state index in [1.165, 1.54) is 11.8 Å². The van der Waals surface area contributed by atoms with Crippen LogP contribution in [0.1, 0.15) is 39.0 Å². The number of carbonyl (C=O) groups is 7. The van der Waals surface area contributed by atoms with E-state index in [-0.39, 0.29) is 128 Å². The van der Waals surface area contributed by atoms with Crippen molar-refractivity contribution in [3.05, 3.63) is 0 Å². The summed E-state index contributed by atoms with van der Waals surface area (Å²) in [5.41, 5.74) is 0. The van der Waals surface area contributed by atoms with E-state index in [1.54, 1.807) is 19.5 Å². The molecule has 3 atom stereocenters. The van der Waals surface area contributed by atoms with Gasteiger partial charge in [0.15, 0.2) is 0 Å². The number of thiol groups is 1. The Morgan fingerprint density at radius 2 is 1.45 bits per heavy atom. The molecule has 0 aromatic rings. The molecule has 0 saturated carbocycles. The number of aldehydes is 1. The first-order valence-corrected chi connectivity index (χ1v) is 17.8. The zero-order valence-corrected chi connectivity index (χ0v) is 35.5. The number of likely N-dealkylation sites (N-methyl/N-ethyl adjacent to an activating group) is 1. The predicted octanol–water partition coefficient (Wildman–Crippen LogP) is -4.55. The first-order chi connectivity index (χ1) is 24.8. The molecule has 0 radical (unpaired) electrons. The molecule has 0 fully saturated rings. The quantitative estimate of drug-likeness (QED) is 0.00816. The number of hydrogen-bond donors (Lipinski definition) is 8. The standard InChI is InChI=1S/C14H24N2O7.C12H21N2O6.C4H8FNOS2.K/c1-2-12(18)16-11(14(20)21)3-4-13(19)15-5-7-22-9-10-23-8-6-17;1-13-4-5-19-6-7-20-9-11(16)14-10(8-15)2-3-12(17)18;1-9-2-3(6-8)4(5)7;/h6,11H,2-5,7-10H2,1H3,(H,15,19)(H,16,18)(H,20,21);10,13H,2-7,9H2,1H3,(H,14,16)(H,17,18);3,6,8H,2H2,1H3;/q;-1;;+1/t11-;;;/m0.../s1. The van der Waals surface area contributed by atoms with Gasteiger partial charge < -0.3 is 60.0 Å². The van der Waals surface area contributed by atoms with E-state index in [2.05, 4.69) is 38.8 Å². The van der Waals surface area contributed by atoms with Crippen molar-refractivity contribution < 1.29 is 123 Å². The third kappa shape index (κ3) is 43.0. The molecule has 3 amide bonds. The maximum Gasteiger partial charge on any atom is 1.00 e. The second-order valence-corrected chi connectivity index (χ2v) is 11.1. The number of hydrogen-bond acceptors (Lipinski definition) is 16. The minimum absolute atomic E-state index is 0. The third-order valence-corrected chi connectivity index (χ3v) is 6.71. The number of amides is 3. The van der Waals surface area contributed by atoms with Crippen LogP contribution in [-0.2, 0) is 57.3 Å². The van der Waals surface area contributed by atoms with E-state index in [4.69, 9.17) is 29.2 Å². The van der Waals surface area contributed by atoms with Gasteiger partial charge in [0.2, 0.25) is 17.7 Å². The molecular weight excluding hydrogens is 777 g/mol. The van der Waals surface area contributed by atoms with Gasteiger partial charge in [-0.1, -0.05) is 25.8 Å². The van der Waals surface area contributed by atoms with Crippen LogP contribution in [0, 0.1) is 0 Å². The SMILES string of the molecule is CCC(=O)N[C@@H](CCC(=O)NCCOCCOCC=O)C(=O)O.CNCCOCCOCC(=O)NC([C-]=O)CCC(=O)O.CSCC(NS)C(=O)F.[K+]. The molecule has 23 heteroatoms. The third-order valence-electron chi connectivity index (χ3n) is 5.73. The average molecular weight is 830 g/mol. The first-order valence-electron chi connectivity index (χ1n) is 16.0. The van der Waals surface area contributed by atoms with Crippen LogP contribution in [0.4, 0.5) is 4.39 Å². The van der Waals surface area contributed by atoms with Crippen LogP contribution in [-0.4, -0.2) is 162 Å². The minimum Gasteiger partial charge on any atom is -0.540 e. The Balaban J connectivity index is -0.000000365. The molecule has 0 aliphatic rings. The fraction of sp³-hybridized carbons (Fsp3) is 0.733. The van der Waals surface area contributed by atoms with Crippen LogP contribution in [0.2, 0.25) is 0 Å². The molecule has 0 aliphatic heterocycles. The normalized spacial score (nSPS) is 11.7. The second-order valence-electron chi connectivity index (χ2n) is 9.93. The number of carbonyl (C=O) groups excluding carboxylic acids is 6. The molecule has 0 heterocycles. The Hall–Kier alpha value is -1.61. The van der Waals surface area contributed by atoms with Gasteiger partial charge in [-0.05, 0) is 26.1 Å². The molecule has 0 saturated heterocycles. The Labute approximate surface area is 361 Å². The maximum absolute atomic E-state index is 11.8. The van der Waals surface area contributed by atoms with Crippen LogP contribution >= 0.6 is 24.6 Å². The van der Waals surface area contributed by atoms with Crippen molar-refractivity contribution in [1.82, 2.24) is 26.0 Å². The number of ether oxygens (including phenoxy) is 4. The van der Waals surface area contributed by atoms with Crippen LogP contribution < -0.4 is 77.4 Å². The topological polar surface area (TPSA) is 274 Å². The van der Waals surface area contributed by atoms with Gasteiger partial charge in [0, 0.05) is 38.1 Å². The van der Waals surface area contributed by atoms with E-state index in [9.17, 15) is 42.7 Å². The number of halogens is 1. The van der Waals surface area contributed by atoms with Gasteiger partial charge in [0.1, 0.15) is 31.6 Å². The van der Waals surface area contributed by atoms with Gasteiger partial charge in [-0.25, -0.2) is 11.1 Å². The van der Waals surface area contributed by atoms with Crippen molar-refractivity contribution in [2.24, 2.45) is 0 Å². The Bertz CT molecular complexity index is 1030. The fourth-order valence-electron chi connectivity index (χ4n) is 3.08. The number of carboxylic acids is 2. The molecule has 302 valence electrons. The van der Waals surface area contributed by atoms with Gasteiger partial charge >= 0.3 is 69.4 Å². The van der Waals surface area contributed by atoms with Gasteiger partial charge in [0.05, 0.1) is 39.6 Å². The summed E-state index contributed by atoms with van der Waals surface area (Å²) < 4.78 is 34.3. The van der Waals surface area contributed by atoms with Crippen molar-refractivity contribution in [2.75, 3.05) is 85.0 Å². The minimum atomic E-state index is -1.36. The molecule has 0 aliphatic carbocycles. The van der Waals surface area contributed by atoms with E-state index in [0.29, 0.717) is 38.5 Å². The zero-order valence-electron chi connectivity index (χ0n) is 30.6. The number of thioether (sulfide) groups is 1. The van der Waals surface area contributed by atoms with Crippen LogP contribution in [0.25, 0.3) is 0 Å². The van der Waals surface area contributed by atoms with Crippen LogP contribution in [0.5, 0.6) is 0 Å². The van der Waals surface area contributed by atoms with Crippen LogP contribution in [0.15, 0.2) is 0 Å². The summed E-state index contributed by atoms with van der Waals surface area (Å²) >= 11 is 4.96. The van der Waals surface area contributed by atoms with E-state index < -0.39 is 42.0 Å². The summed E-state index contributed by atoms with van der Waals surface area (Å²) in [5, 5.41) is 27.6. The predicted molar refractivity (Wildman–Crippen MR) is 190 cm³/mol. The molecule has 0 rings (SSSR count). The summed E-state index contributed by atoms with van der Waals surface area (Å²) in [7, 11) is 1.81. The fourth-order valence-corrected chi connectivity index (χ4v) is 3.94. The average Bonchev–Trinajstić information content (AvgIpc) is 3.11. The molecular formula is C30H53FKN5O14S2. The maximum atomic E-state index is 11.8. The molecule has 0 aromatic heterocycles. The van der Waals surface area contributed by atoms with E-state index >= 15 is 0 Å². The van der Waals surface area contributed by atoms with Crippen LogP contribution in [0.3, 0.4) is 0 Å². The number of carboxylic acid groups (broad SMARTS) is 2. The smallest absolute Gasteiger partial charge is 0.540 e. The monoisotopic (exact) mass is 829 g/mol. The molecule has 7 N–H and O–H groups in total. The summed E-state index contributed by atoms with van der Waals surface area (Å²) in [6.07, 6.45) is 4.02. The van der Waals surface area contributed by atoms with Crippen molar-refractivity contribution >= 4 is 72.8 Å². The van der Waals surface area contributed by atoms with Gasteiger partial charge in [0.25, 0.3) is 0 Å². The summed E-state index contributed by atoms with van der Waals surface area (Å²) in [5.74, 6) is -2.96. The number of nitrogens with one attached hydrogen (secondary N) is 5. The van der Waals surface area contributed by atoms with Crippen molar-refractivity contribution in [3.8, 4) is 0 Å². The van der Waals surface area contributed by atoms with E-state index in [0.717, 1.165) is 6.54 Å². The van der Waals surface area contributed by atoms with Crippen molar-refractivity contribution in [2.45, 2.75) is 57.2 Å². The molecule has 19 nitrogen and oxygen atoms in total. The van der Waals surface area contributed by atoms with Gasteiger partial charge in [-0.2, -0.15) is 16.2 Å². The largest absolute Gasteiger partial charge is 1.00 e. The summed E-state index contributed by atoms with van der Waals surface area (Å²) in [6, 6.07) is -4.11. The van der Waals surface area contributed by atoms with Crippen molar-refractivity contribution in [3.63, 3.8) is 0 Å². The van der Waals surface area contributed by atoms with Gasteiger partial charge in [-0.3, -0.25) is 28.7 Å². The second kappa shape index (κ2) is 43.1. The Morgan fingerprint density at radius 3 is 1.92 bits per heavy atom. The van der Waals surface area contributed by atoms with E-state index in [1.807, 2.05) is 7.05 Å². The summed E-state index contributed by atoms with van der Waals surface area (Å²) in [6.45, 7) is 4.54. The molecule has 0 aromatic carbocycles. The van der Waals surface area contributed by atoms with Crippen molar-refractivity contribution in [1.29, 1.82) is 0 Å². The Morgan fingerprint density at radius 1 is 0.849 bits per heavy atom. The summed E-state index contributed by atoms with van der Waals surface area (Å²) in [4.78, 5) is 85.9. The molecule has 2 unspecified atom stereocenters. The zero-order chi connectivity index (χ0) is 40.0. The number of aliphatic carboxylic acids is 2. The molecule has 0 bridgehead atoms. The Kier molecular flexibility index (Phi) is 47.3. The molecule has 53 heavy (non-hydrogen) atoms.